The number of amides is 5. The van der Waals surface area contributed by atoms with E-state index in [0.29, 0.717) is 32.2 Å². The molecule has 63 heavy (non-hydrogen) atoms. The first-order valence-electron chi connectivity index (χ1n) is 23.5. The first kappa shape index (κ1) is 45.0. The SMILES string of the molecule is C=CCN1C[C@H](C(=O)N(CCCN(C)C)C(=O)NCC)C[C@@H]2c3cccc4[nH]cc(c34)C[C@H]21.O=C1[C@H]2CCCC[C@H]2C(=O)N1CCCCN1CCN(c2nsc3ccccc23)CC1. The zero-order valence-electron chi connectivity index (χ0n) is 37.6. The van der Waals surface area contributed by atoms with Gasteiger partial charge in [0.25, 0.3) is 0 Å². The molecule has 9 rings (SSSR count). The Kier molecular flexibility index (Phi) is 14.6. The van der Waals surface area contributed by atoms with Gasteiger partial charge in [-0.05, 0) is 120 Å². The van der Waals surface area contributed by atoms with Crippen LogP contribution in [0.25, 0.3) is 21.0 Å². The number of hydrogen-bond acceptors (Lipinski definition) is 10. The van der Waals surface area contributed by atoms with Crippen LogP contribution in [0.1, 0.15) is 75.3 Å². The highest BCUT2D eigenvalue weighted by atomic mass is 32.1. The lowest BCUT2D eigenvalue weighted by Crippen LogP contribution is -2.55. The minimum Gasteiger partial charge on any atom is -0.361 e. The van der Waals surface area contributed by atoms with E-state index >= 15 is 0 Å². The number of rotatable bonds is 14. The molecule has 4 aromatic rings. The molecule has 0 spiro atoms. The van der Waals surface area contributed by atoms with Crippen molar-refractivity contribution < 1.29 is 19.2 Å². The van der Waals surface area contributed by atoms with Gasteiger partial charge in [0.05, 0.1) is 22.5 Å². The summed E-state index contributed by atoms with van der Waals surface area (Å²) in [5, 5.41) is 5.42. The van der Waals surface area contributed by atoms with Crippen LogP contribution < -0.4 is 10.2 Å². The van der Waals surface area contributed by atoms with E-state index < -0.39 is 0 Å². The molecule has 0 bridgehead atoms. The summed E-state index contributed by atoms with van der Waals surface area (Å²) in [6.07, 6.45) is 12.5. The molecule has 14 heteroatoms. The zero-order valence-corrected chi connectivity index (χ0v) is 38.4. The van der Waals surface area contributed by atoms with Crippen LogP contribution in [0.5, 0.6) is 0 Å². The van der Waals surface area contributed by atoms with Crippen LogP contribution in [-0.4, -0.2) is 150 Å². The molecular formula is C49H67N9O4S. The largest absolute Gasteiger partial charge is 0.361 e. The van der Waals surface area contributed by atoms with Crippen molar-refractivity contribution in [1.29, 1.82) is 0 Å². The maximum atomic E-state index is 13.7. The van der Waals surface area contributed by atoms with Crippen LogP contribution in [0.3, 0.4) is 0 Å². The molecule has 5 aliphatic rings. The second kappa shape index (κ2) is 20.5. The number of anilines is 1. The number of benzene rings is 2. The number of nitrogens with zero attached hydrogens (tertiary/aromatic N) is 7. The minimum atomic E-state index is -0.280. The highest BCUT2D eigenvalue weighted by Crippen LogP contribution is 2.45. The van der Waals surface area contributed by atoms with Crippen molar-refractivity contribution in [1.82, 2.24) is 39.2 Å². The summed E-state index contributed by atoms with van der Waals surface area (Å²) >= 11 is 1.58. The first-order valence-corrected chi connectivity index (χ1v) is 24.3. The standard InChI is InChI=1S/C26H37N5O2.C23H30N4O2S/c1-5-11-30-17-19(25(32)31(26(33)27-6-2)13-8-12-29(3)4)14-21-20-9-7-10-22-24(20)18(16-28-22)15-23(21)30;28-22-17-7-1-2-8-18(17)23(29)27(22)12-6-5-11-25-13-15-26(16-14-25)21-19-9-3-4-10-20(19)30-24-21/h5,7,9-10,16,19,21,23,28H,1,6,8,11-15,17H2,2-4H3,(H,27,33);3-4,9-10,17-18H,1-2,5-8,11-16H2/t19-,21-,23-;17-,18+/m1./s1. The molecule has 1 saturated carbocycles. The molecule has 0 radical (unpaired) electrons. The maximum absolute atomic E-state index is 13.7. The third-order valence-corrected chi connectivity index (χ3v) is 15.0. The highest BCUT2D eigenvalue weighted by Gasteiger charge is 2.48. The van der Waals surface area contributed by atoms with Gasteiger partial charge >= 0.3 is 6.03 Å². The van der Waals surface area contributed by atoms with E-state index in [1.54, 1.807) is 16.4 Å². The first-order chi connectivity index (χ1) is 30.7. The number of H-pyrrole nitrogens is 1. The van der Waals surface area contributed by atoms with Crippen LogP contribution in [-0.2, 0) is 20.8 Å². The van der Waals surface area contributed by atoms with Gasteiger partial charge in [-0.2, -0.15) is 4.37 Å². The number of piperazine rings is 1. The van der Waals surface area contributed by atoms with Crippen molar-refractivity contribution in [3.8, 4) is 0 Å². The number of piperidine rings is 1. The molecular weight excluding hydrogens is 811 g/mol. The van der Waals surface area contributed by atoms with Gasteiger partial charge in [0, 0.05) is 93.3 Å². The van der Waals surface area contributed by atoms with Crippen molar-refractivity contribution >= 4 is 62.1 Å². The van der Waals surface area contributed by atoms with Crippen LogP contribution in [0.4, 0.5) is 10.6 Å². The maximum Gasteiger partial charge on any atom is 0.324 e. The Morgan fingerprint density at radius 2 is 1.68 bits per heavy atom. The molecule has 3 saturated heterocycles. The number of carbonyl (C=O) groups excluding carboxylic acids is 4. The second-order valence-electron chi connectivity index (χ2n) is 18.5. The lowest BCUT2D eigenvalue weighted by molar-refractivity contribution is -0.140. The third-order valence-electron chi connectivity index (χ3n) is 14.2. The molecule has 2 N–H and O–H groups in total. The van der Waals surface area contributed by atoms with E-state index in [0.717, 1.165) is 115 Å². The van der Waals surface area contributed by atoms with Gasteiger partial charge in [0.1, 0.15) is 5.82 Å². The topological polar surface area (TPSA) is 128 Å². The Labute approximate surface area is 377 Å². The van der Waals surface area contributed by atoms with Crippen LogP contribution in [0, 0.1) is 17.8 Å². The van der Waals surface area contributed by atoms with Crippen molar-refractivity contribution in [2.24, 2.45) is 17.8 Å². The molecule has 5 heterocycles. The number of nitrogens with one attached hydrogen (secondary N) is 2. The van der Waals surface area contributed by atoms with Crippen molar-refractivity contribution in [3.05, 3.63) is 72.4 Å². The molecule has 13 nitrogen and oxygen atoms in total. The van der Waals surface area contributed by atoms with E-state index in [4.69, 9.17) is 0 Å². The zero-order chi connectivity index (χ0) is 44.0. The Hall–Kier alpha value is -4.63. The average molecular weight is 878 g/mol. The summed E-state index contributed by atoms with van der Waals surface area (Å²) in [6, 6.07) is 15.0. The molecule has 5 amide bonds. The van der Waals surface area contributed by atoms with Gasteiger partial charge in [-0.1, -0.05) is 43.2 Å². The fourth-order valence-corrected chi connectivity index (χ4v) is 11.8. The fourth-order valence-electron chi connectivity index (χ4n) is 11.0. The van der Waals surface area contributed by atoms with E-state index in [9.17, 15) is 19.2 Å². The summed E-state index contributed by atoms with van der Waals surface area (Å²) in [5.41, 5.74) is 3.84. The van der Waals surface area contributed by atoms with Gasteiger partial charge in [-0.25, -0.2) is 4.79 Å². The fraction of sp³-hybridized carbons (Fsp3) is 0.571. The number of carbonyl (C=O) groups is 4. The lowest BCUT2D eigenvalue weighted by Gasteiger charge is -2.47. The average Bonchev–Trinajstić information content (AvgIpc) is 3.99. The third kappa shape index (κ3) is 9.74. The Morgan fingerprint density at radius 3 is 2.41 bits per heavy atom. The lowest BCUT2D eigenvalue weighted by atomic mass is 9.72. The Morgan fingerprint density at radius 1 is 0.937 bits per heavy atom. The smallest absolute Gasteiger partial charge is 0.324 e. The van der Waals surface area contributed by atoms with Gasteiger partial charge in [-0.3, -0.25) is 34.0 Å². The van der Waals surface area contributed by atoms with E-state index in [-0.39, 0.29) is 47.4 Å². The number of imide groups is 2. The molecule has 3 aliphatic heterocycles. The molecule has 0 unspecified atom stereocenters. The second-order valence-corrected chi connectivity index (χ2v) is 19.3. The Balaban J connectivity index is 0.000000173. The van der Waals surface area contributed by atoms with Gasteiger partial charge < -0.3 is 20.1 Å². The van der Waals surface area contributed by atoms with Crippen LogP contribution in [0.2, 0.25) is 0 Å². The minimum absolute atomic E-state index is 0.0128. The molecule has 4 fully saturated rings. The van der Waals surface area contributed by atoms with E-state index in [2.05, 4.69) is 89.5 Å². The van der Waals surface area contributed by atoms with Crippen molar-refractivity contribution in [3.63, 3.8) is 0 Å². The van der Waals surface area contributed by atoms with Gasteiger partial charge in [0.15, 0.2) is 0 Å². The summed E-state index contributed by atoms with van der Waals surface area (Å²) < 4.78 is 5.94. The number of aromatic nitrogens is 2. The van der Waals surface area contributed by atoms with Crippen LogP contribution >= 0.6 is 11.5 Å². The summed E-state index contributed by atoms with van der Waals surface area (Å²) in [7, 11) is 4.01. The summed E-state index contributed by atoms with van der Waals surface area (Å²) in [6.45, 7) is 14.7. The van der Waals surface area contributed by atoms with Crippen molar-refractivity contribution in [2.45, 2.75) is 76.7 Å². The Bertz CT molecular complexity index is 2220. The summed E-state index contributed by atoms with van der Waals surface area (Å²) in [5.74, 6) is 1.30. The van der Waals surface area contributed by atoms with Crippen LogP contribution in [0.15, 0.2) is 61.3 Å². The van der Waals surface area contributed by atoms with Crippen molar-refractivity contribution in [2.75, 3.05) is 91.0 Å². The van der Waals surface area contributed by atoms with E-state index in [1.165, 1.54) is 31.5 Å². The highest BCUT2D eigenvalue weighted by molar-refractivity contribution is 7.13. The number of fused-ring (bicyclic) bond motifs is 4. The predicted octanol–water partition coefficient (Wildman–Crippen LogP) is 6.57. The summed E-state index contributed by atoms with van der Waals surface area (Å²) in [4.78, 5) is 67.5. The number of aromatic amines is 1. The number of likely N-dealkylation sites (tertiary alicyclic amines) is 2. The number of urea groups is 1. The molecule has 2 aliphatic carbocycles. The van der Waals surface area contributed by atoms with Gasteiger partial charge in [0.2, 0.25) is 17.7 Å². The molecule has 5 atom stereocenters. The molecule has 338 valence electrons. The quantitative estimate of drug-likeness (QED) is 0.0822. The van der Waals surface area contributed by atoms with Gasteiger partial charge in [-0.15, -0.1) is 6.58 Å². The molecule has 2 aromatic carbocycles. The number of hydrogen-bond donors (Lipinski definition) is 2. The predicted molar refractivity (Wildman–Crippen MR) is 252 cm³/mol. The monoisotopic (exact) mass is 878 g/mol. The molecule has 2 aromatic heterocycles. The normalized spacial score (nSPS) is 23.7. The van der Waals surface area contributed by atoms with E-state index in [1.807, 2.05) is 27.1 Å². The number of unbranched alkanes of at least 4 members (excludes halogenated alkanes) is 1.